The van der Waals surface area contributed by atoms with Crippen LogP contribution in [0.4, 0.5) is 4.39 Å². The summed E-state index contributed by atoms with van der Waals surface area (Å²) >= 11 is 0. The van der Waals surface area contributed by atoms with Gasteiger partial charge in [-0.05, 0) is 30.3 Å². The van der Waals surface area contributed by atoms with Crippen molar-refractivity contribution in [3.05, 3.63) is 64.5 Å². The minimum atomic E-state index is -0.275. The molecule has 5 nitrogen and oxygen atoms in total. The Balaban J connectivity index is 1.62. The Morgan fingerprint density at radius 2 is 2.24 bits per heavy atom. The fraction of sp³-hybridized carbons (Fsp3) is 0.200. The molecule has 0 saturated carbocycles. The molecule has 1 unspecified atom stereocenters. The molecule has 1 atom stereocenters. The van der Waals surface area contributed by atoms with Gasteiger partial charge in [0.2, 0.25) is 0 Å². The van der Waals surface area contributed by atoms with E-state index in [4.69, 9.17) is 4.74 Å². The zero-order valence-corrected chi connectivity index (χ0v) is 11.1. The van der Waals surface area contributed by atoms with Gasteiger partial charge in [-0.15, -0.1) is 5.10 Å². The molecule has 1 aliphatic heterocycles. The van der Waals surface area contributed by atoms with Crippen LogP contribution < -0.4 is 10.4 Å². The number of aromatic nitrogens is 3. The first-order valence-electron chi connectivity index (χ1n) is 6.70. The van der Waals surface area contributed by atoms with Crippen LogP contribution in [0, 0.1) is 5.82 Å². The highest BCUT2D eigenvalue weighted by Gasteiger charge is 2.24. The maximum Gasteiger partial charge on any atom is 0.350 e. The Hall–Kier alpha value is -2.63. The van der Waals surface area contributed by atoms with Gasteiger partial charge in [0.15, 0.2) is 5.65 Å². The molecule has 0 aliphatic carbocycles. The molecule has 0 saturated heterocycles. The van der Waals surface area contributed by atoms with Gasteiger partial charge < -0.3 is 4.74 Å². The highest BCUT2D eigenvalue weighted by atomic mass is 19.1. The molecule has 3 heterocycles. The van der Waals surface area contributed by atoms with Crippen LogP contribution in [0.5, 0.6) is 5.75 Å². The third kappa shape index (κ3) is 1.99. The Labute approximate surface area is 119 Å². The number of ether oxygens (including phenoxy) is 1. The standard InChI is InChI=1S/C15H12FN3O2/c16-11-4-5-13-10(7-11)8-12(21-13)9-19-15(20)18-6-2-1-3-14(18)17-19/h1-7,12H,8-9H2. The quantitative estimate of drug-likeness (QED) is 0.719. The number of halogens is 1. The lowest BCUT2D eigenvalue weighted by Gasteiger charge is -2.09. The van der Waals surface area contributed by atoms with Crippen LogP contribution in [0.2, 0.25) is 0 Å². The second-order valence-corrected chi connectivity index (χ2v) is 5.09. The van der Waals surface area contributed by atoms with Gasteiger partial charge in [-0.25, -0.2) is 13.9 Å². The Morgan fingerprint density at radius 1 is 1.33 bits per heavy atom. The molecule has 1 aromatic carbocycles. The van der Waals surface area contributed by atoms with Crippen LogP contribution in [0.25, 0.3) is 5.65 Å². The maximum absolute atomic E-state index is 13.2. The largest absolute Gasteiger partial charge is 0.488 e. The van der Waals surface area contributed by atoms with Crippen molar-refractivity contribution >= 4 is 5.65 Å². The second kappa shape index (κ2) is 4.44. The lowest BCUT2D eigenvalue weighted by molar-refractivity contribution is 0.201. The summed E-state index contributed by atoms with van der Waals surface area (Å²) in [5.74, 6) is 0.404. The molecule has 6 heteroatoms. The van der Waals surface area contributed by atoms with Crippen molar-refractivity contribution in [1.29, 1.82) is 0 Å². The highest BCUT2D eigenvalue weighted by molar-refractivity contribution is 5.38. The van der Waals surface area contributed by atoms with Gasteiger partial charge in [-0.1, -0.05) is 6.07 Å². The molecule has 0 radical (unpaired) electrons. The topological polar surface area (TPSA) is 48.5 Å². The molecule has 106 valence electrons. The molecular formula is C15H12FN3O2. The lowest BCUT2D eigenvalue weighted by atomic mass is 10.1. The SMILES string of the molecule is O=c1n(CC2Cc3cc(F)ccc3O2)nc2ccccn12. The van der Waals surface area contributed by atoms with Gasteiger partial charge in [0.1, 0.15) is 17.7 Å². The molecule has 4 rings (SSSR count). The average molecular weight is 285 g/mol. The number of rotatable bonds is 2. The van der Waals surface area contributed by atoms with Crippen LogP contribution in [0.1, 0.15) is 5.56 Å². The maximum atomic E-state index is 13.2. The van der Waals surface area contributed by atoms with E-state index in [0.29, 0.717) is 24.4 Å². The molecule has 2 aromatic heterocycles. The molecular weight excluding hydrogens is 273 g/mol. The van der Waals surface area contributed by atoms with E-state index < -0.39 is 0 Å². The van der Waals surface area contributed by atoms with Crippen LogP contribution in [-0.4, -0.2) is 20.3 Å². The van der Waals surface area contributed by atoms with Gasteiger partial charge in [0.05, 0.1) is 6.54 Å². The first-order chi connectivity index (χ1) is 10.2. The number of fused-ring (bicyclic) bond motifs is 2. The van der Waals surface area contributed by atoms with E-state index >= 15 is 0 Å². The molecule has 0 bridgehead atoms. The molecule has 21 heavy (non-hydrogen) atoms. The number of hydrogen-bond acceptors (Lipinski definition) is 3. The minimum Gasteiger partial charge on any atom is -0.488 e. The van der Waals surface area contributed by atoms with Gasteiger partial charge >= 0.3 is 5.69 Å². The Bertz CT molecular complexity index is 884. The first-order valence-corrected chi connectivity index (χ1v) is 6.70. The summed E-state index contributed by atoms with van der Waals surface area (Å²) < 4.78 is 21.8. The Kier molecular flexibility index (Phi) is 2.57. The van der Waals surface area contributed by atoms with Crippen LogP contribution in [-0.2, 0) is 13.0 Å². The van der Waals surface area contributed by atoms with E-state index in [1.165, 1.54) is 21.2 Å². The first kappa shape index (κ1) is 12.1. The van der Waals surface area contributed by atoms with Gasteiger partial charge in [0.25, 0.3) is 0 Å². The van der Waals surface area contributed by atoms with Crippen molar-refractivity contribution in [3.63, 3.8) is 0 Å². The third-order valence-electron chi connectivity index (χ3n) is 3.63. The minimum absolute atomic E-state index is 0.198. The van der Waals surface area contributed by atoms with E-state index in [0.717, 1.165) is 5.56 Å². The smallest absolute Gasteiger partial charge is 0.350 e. The summed E-state index contributed by atoms with van der Waals surface area (Å²) in [5.41, 5.74) is 1.23. The van der Waals surface area contributed by atoms with Gasteiger partial charge in [0, 0.05) is 18.2 Å². The summed E-state index contributed by atoms with van der Waals surface area (Å²) in [5, 5.41) is 4.27. The molecule has 1 aliphatic rings. The number of pyridine rings is 1. The van der Waals surface area contributed by atoms with Crippen molar-refractivity contribution in [2.24, 2.45) is 0 Å². The van der Waals surface area contributed by atoms with Gasteiger partial charge in [-0.3, -0.25) is 4.40 Å². The summed E-state index contributed by atoms with van der Waals surface area (Å²) in [6, 6.07) is 9.86. The van der Waals surface area contributed by atoms with Crippen molar-refractivity contribution in [1.82, 2.24) is 14.2 Å². The summed E-state index contributed by atoms with van der Waals surface area (Å²) in [6.07, 6.45) is 2.05. The number of nitrogens with zero attached hydrogens (tertiary/aromatic N) is 3. The van der Waals surface area contributed by atoms with E-state index in [2.05, 4.69) is 5.10 Å². The van der Waals surface area contributed by atoms with Crippen LogP contribution >= 0.6 is 0 Å². The van der Waals surface area contributed by atoms with Crippen molar-refractivity contribution in [2.45, 2.75) is 19.1 Å². The van der Waals surface area contributed by atoms with Crippen molar-refractivity contribution < 1.29 is 9.13 Å². The molecule has 0 spiro atoms. The van der Waals surface area contributed by atoms with Crippen molar-refractivity contribution in [3.8, 4) is 5.75 Å². The molecule has 0 fully saturated rings. The van der Waals surface area contributed by atoms with E-state index in [-0.39, 0.29) is 17.6 Å². The van der Waals surface area contributed by atoms with E-state index in [1.54, 1.807) is 24.4 Å². The third-order valence-corrected chi connectivity index (χ3v) is 3.63. The fourth-order valence-corrected chi connectivity index (χ4v) is 2.67. The summed E-state index contributed by atoms with van der Waals surface area (Å²) in [6.45, 7) is 0.344. The van der Waals surface area contributed by atoms with E-state index in [1.807, 2.05) is 6.07 Å². The van der Waals surface area contributed by atoms with E-state index in [9.17, 15) is 9.18 Å². The predicted octanol–water partition coefficient (Wildman–Crippen LogP) is 1.64. The zero-order chi connectivity index (χ0) is 14.4. The second-order valence-electron chi connectivity index (χ2n) is 5.09. The molecule has 3 aromatic rings. The molecule has 0 amide bonds. The normalized spacial score (nSPS) is 16.9. The monoisotopic (exact) mass is 285 g/mol. The summed E-state index contributed by atoms with van der Waals surface area (Å²) in [4.78, 5) is 12.2. The number of hydrogen-bond donors (Lipinski definition) is 0. The zero-order valence-electron chi connectivity index (χ0n) is 11.1. The highest BCUT2D eigenvalue weighted by Crippen LogP contribution is 2.29. The fourth-order valence-electron chi connectivity index (χ4n) is 2.67. The lowest BCUT2D eigenvalue weighted by Crippen LogP contribution is -2.29. The van der Waals surface area contributed by atoms with Crippen LogP contribution in [0.15, 0.2) is 47.4 Å². The van der Waals surface area contributed by atoms with Crippen LogP contribution in [0.3, 0.4) is 0 Å². The predicted molar refractivity (Wildman–Crippen MR) is 74.0 cm³/mol. The summed E-state index contributed by atoms with van der Waals surface area (Å²) in [7, 11) is 0. The van der Waals surface area contributed by atoms with Gasteiger partial charge in [-0.2, -0.15) is 0 Å². The average Bonchev–Trinajstić information content (AvgIpc) is 3.01. The van der Waals surface area contributed by atoms with Crippen molar-refractivity contribution in [2.75, 3.05) is 0 Å². The number of benzene rings is 1. The molecule has 0 N–H and O–H groups in total. The Morgan fingerprint density at radius 3 is 3.10 bits per heavy atom.